The lowest BCUT2D eigenvalue weighted by Gasteiger charge is -2.15. The molecule has 0 fully saturated rings. The summed E-state index contributed by atoms with van der Waals surface area (Å²) in [5, 5.41) is 2.89. The molecule has 0 aliphatic heterocycles. The van der Waals surface area contributed by atoms with E-state index in [4.69, 9.17) is 4.74 Å². The summed E-state index contributed by atoms with van der Waals surface area (Å²) in [7, 11) is 0. The molecule has 2 aromatic rings. The van der Waals surface area contributed by atoms with Crippen molar-refractivity contribution in [3.05, 3.63) is 77.6 Å². The molecule has 120 valence electrons. The molecule has 0 spiro atoms. The summed E-state index contributed by atoms with van der Waals surface area (Å²) in [5.41, 5.74) is 2.26. The molecule has 4 heteroatoms. The third kappa shape index (κ3) is 4.95. The lowest BCUT2D eigenvalue weighted by molar-refractivity contribution is 0.0939. The molecule has 0 unspecified atom stereocenters. The molecule has 2 rings (SSSR count). The Morgan fingerprint density at radius 3 is 2.61 bits per heavy atom. The monoisotopic (exact) mass is 313 g/mol. The van der Waals surface area contributed by atoms with Gasteiger partial charge in [0.15, 0.2) is 0 Å². The van der Waals surface area contributed by atoms with Crippen LogP contribution < -0.4 is 10.1 Å². The molecule has 0 saturated heterocycles. The molecule has 2 aromatic carbocycles. The van der Waals surface area contributed by atoms with Gasteiger partial charge in [-0.1, -0.05) is 24.8 Å². The minimum atomic E-state index is -0.297. The van der Waals surface area contributed by atoms with Crippen molar-refractivity contribution < 1.29 is 13.9 Å². The highest BCUT2D eigenvalue weighted by molar-refractivity contribution is 5.94. The number of nitrogens with one attached hydrogen (secondary N) is 1. The molecule has 0 aliphatic rings. The zero-order valence-electron chi connectivity index (χ0n) is 13.3. The topological polar surface area (TPSA) is 38.3 Å². The van der Waals surface area contributed by atoms with Gasteiger partial charge in [0.1, 0.15) is 18.2 Å². The van der Waals surface area contributed by atoms with Crippen LogP contribution in [-0.4, -0.2) is 12.5 Å². The maximum atomic E-state index is 12.9. The highest BCUT2D eigenvalue weighted by Crippen LogP contribution is 2.17. The molecule has 0 aliphatic carbocycles. The first-order valence-electron chi connectivity index (χ1n) is 7.39. The number of halogens is 1. The van der Waals surface area contributed by atoms with Gasteiger partial charge in [0, 0.05) is 5.56 Å². The van der Waals surface area contributed by atoms with Crippen molar-refractivity contribution in [2.75, 3.05) is 6.61 Å². The van der Waals surface area contributed by atoms with Crippen LogP contribution in [0.3, 0.4) is 0 Å². The molecule has 1 N–H and O–H groups in total. The summed E-state index contributed by atoms with van der Waals surface area (Å²) in [6, 6.07) is 12.8. The van der Waals surface area contributed by atoms with Gasteiger partial charge in [0.2, 0.25) is 0 Å². The highest BCUT2D eigenvalue weighted by atomic mass is 19.1. The van der Waals surface area contributed by atoms with E-state index >= 15 is 0 Å². The van der Waals surface area contributed by atoms with Crippen molar-refractivity contribution in [1.82, 2.24) is 5.32 Å². The molecular weight excluding hydrogens is 293 g/mol. The van der Waals surface area contributed by atoms with Gasteiger partial charge in [-0.2, -0.15) is 0 Å². The van der Waals surface area contributed by atoms with Crippen LogP contribution in [0.15, 0.2) is 60.7 Å². The zero-order chi connectivity index (χ0) is 16.8. The van der Waals surface area contributed by atoms with Gasteiger partial charge < -0.3 is 10.1 Å². The van der Waals surface area contributed by atoms with Crippen LogP contribution in [0.2, 0.25) is 0 Å². The van der Waals surface area contributed by atoms with Crippen LogP contribution in [0, 0.1) is 5.82 Å². The molecule has 1 atom stereocenters. The maximum absolute atomic E-state index is 12.9. The number of ether oxygens (including phenoxy) is 1. The zero-order valence-corrected chi connectivity index (χ0v) is 13.3. The lowest BCUT2D eigenvalue weighted by atomic mass is 10.1. The van der Waals surface area contributed by atoms with Crippen molar-refractivity contribution in [3.63, 3.8) is 0 Å². The van der Waals surface area contributed by atoms with E-state index in [0.717, 1.165) is 11.1 Å². The van der Waals surface area contributed by atoms with E-state index in [-0.39, 0.29) is 17.8 Å². The minimum absolute atomic E-state index is 0.206. The number of hydrogen-bond acceptors (Lipinski definition) is 2. The summed E-state index contributed by atoms with van der Waals surface area (Å²) in [6.07, 6.45) is 0. The lowest BCUT2D eigenvalue weighted by Crippen LogP contribution is -2.26. The molecule has 0 saturated carbocycles. The normalized spacial score (nSPS) is 11.6. The van der Waals surface area contributed by atoms with Crippen LogP contribution in [0.25, 0.3) is 0 Å². The second-order valence-corrected chi connectivity index (χ2v) is 5.52. The van der Waals surface area contributed by atoms with Crippen molar-refractivity contribution in [1.29, 1.82) is 0 Å². The first-order chi connectivity index (χ1) is 11.0. The fraction of sp³-hybridized carbons (Fsp3) is 0.211. The van der Waals surface area contributed by atoms with Crippen molar-refractivity contribution in [2.24, 2.45) is 0 Å². The summed E-state index contributed by atoms with van der Waals surface area (Å²) < 4.78 is 18.5. The Balaban J connectivity index is 2.03. The average Bonchev–Trinajstić information content (AvgIpc) is 2.53. The molecule has 3 nitrogen and oxygen atoms in total. The molecule has 0 bridgehead atoms. The van der Waals surface area contributed by atoms with Crippen LogP contribution in [0.4, 0.5) is 4.39 Å². The van der Waals surface area contributed by atoms with Crippen molar-refractivity contribution >= 4 is 5.91 Å². The Hall–Kier alpha value is -2.62. The Bertz CT molecular complexity index is 695. The van der Waals surface area contributed by atoms with Crippen LogP contribution in [0.5, 0.6) is 5.75 Å². The predicted octanol–water partition coefficient (Wildman–Crippen LogP) is 4.27. The predicted molar refractivity (Wildman–Crippen MR) is 89.0 cm³/mol. The summed E-state index contributed by atoms with van der Waals surface area (Å²) in [5.74, 6) is 0.118. The number of rotatable bonds is 6. The van der Waals surface area contributed by atoms with Crippen LogP contribution in [-0.2, 0) is 0 Å². The summed E-state index contributed by atoms with van der Waals surface area (Å²) in [4.78, 5) is 12.3. The van der Waals surface area contributed by atoms with Crippen molar-refractivity contribution in [2.45, 2.75) is 19.9 Å². The molecule has 1 amide bonds. The number of carbonyl (C=O) groups is 1. The van der Waals surface area contributed by atoms with Gasteiger partial charge in [0.05, 0.1) is 6.04 Å². The van der Waals surface area contributed by atoms with Gasteiger partial charge in [0.25, 0.3) is 5.91 Å². The van der Waals surface area contributed by atoms with Crippen LogP contribution in [0.1, 0.15) is 35.8 Å². The number of benzene rings is 2. The quantitative estimate of drug-likeness (QED) is 0.809. The maximum Gasteiger partial charge on any atom is 0.251 e. The van der Waals surface area contributed by atoms with E-state index in [1.165, 1.54) is 12.1 Å². The summed E-state index contributed by atoms with van der Waals surface area (Å²) in [6.45, 7) is 7.92. The van der Waals surface area contributed by atoms with E-state index < -0.39 is 0 Å². The highest BCUT2D eigenvalue weighted by Gasteiger charge is 2.12. The van der Waals surface area contributed by atoms with Gasteiger partial charge in [-0.05, 0) is 55.3 Å². The van der Waals surface area contributed by atoms with Gasteiger partial charge >= 0.3 is 0 Å². The Morgan fingerprint density at radius 2 is 1.96 bits per heavy atom. The summed E-state index contributed by atoms with van der Waals surface area (Å²) >= 11 is 0. The second-order valence-electron chi connectivity index (χ2n) is 5.52. The standard InChI is InChI=1S/C19H20FNO2/c1-13(2)12-23-18-6-4-5-16(11-18)19(22)21-14(3)15-7-9-17(20)10-8-15/h4-11,14H,1,12H2,2-3H3,(H,21,22)/t14-/m1/s1. The smallest absolute Gasteiger partial charge is 0.251 e. The fourth-order valence-corrected chi connectivity index (χ4v) is 2.05. The van der Waals surface area contributed by atoms with E-state index in [9.17, 15) is 9.18 Å². The average molecular weight is 313 g/mol. The molecule has 23 heavy (non-hydrogen) atoms. The minimum Gasteiger partial charge on any atom is -0.489 e. The number of hydrogen-bond donors (Lipinski definition) is 1. The molecular formula is C19H20FNO2. The fourth-order valence-electron chi connectivity index (χ4n) is 2.05. The van der Waals surface area contributed by atoms with E-state index in [2.05, 4.69) is 11.9 Å². The number of carbonyl (C=O) groups excluding carboxylic acids is 1. The Morgan fingerprint density at radius 1 is 1.26 bits per heavy atom. The Labute approximate surface area is 135 Å². The number of amides is 1. The van der Waals surface area contributed by atoms with E-state index in [1.54, 1.807) is 36.4 Å². The second kappa shape index (κ2) is 7.58. The third-order valence-electron chi connectivity index (χ3n) is 3.30. The first kappa shape index (κ1) is 16.7. The third-order valence-corrected chi connectivity index (χ3v) is 3.30. The first-order valence-corrected chi connectivity index (χ1v) is 7.39. The van der Waals surface area contributed by atoms with E-state index in [1.807, 2.05) is 13.8 Å². The van der Waals surface area contributed by atoms with Gasteiger partial charge in [-0.3, -0.25) is 4.79 Å². The van der Waals surface area contributed by atoms with Gasteiger partial charge in [-0.25, -0.2) is 4.39 Å². The van der Waals surface area contributed by atoms with Crippen LogP contribution >= 0.6 is 0 Å². The van der Waals surface area contributed by atoms with Gasteiger partial charge in [-0.15, -0.1) is 0 Å². The molecule has 0 radical (unpaired) electrons. The SMILES string of the molecule is C=C(C)COc1cccc(C(=O)N[C@H](C)c2ccc(F)cc2)c1. The molecule has 0 heterocycles. The Kier molecular flexibility index (Phi) is 5.52. The molecule has 0 aromatic heterocycles. The van der Waals surface area contributed by atoms with E-state index in [0.29, 0.717) is 17.9 Å². The largest absolute Gasteiger partial charge is 0.489 e. The van der Waals surface area contributed by atoms with Crippen molar-refractivity contribution in [3.8, 4) is 5.75 Å².